The van der Waals surface area contributed by atoms with E-state index in [1.54, 1.807) is 0 Å². The van der Waals surface area contributed by atoms with Gasteiger partial charge in [-0.3, -0.25) is 4.99 Å². The summed E-state index contributed by atoms with van der Waals surface area (Å²) in [7, 11) is -1.72. The topological polar surface area (TPSA) is 40.0 Å². The first-order valence-electron chi connectivity index (χ1n) is 6.83. The van der Waals surface area contributed by atoms with Crippen LogP contribution in [-0.2, 0) is 4.43 Å². The van der Waals surface area contributed by atoms with Crippen LogP contribution in [-0.4, -0.2) is 28.1 Å². The van der Waals surface area contributed by atoms with Crippen LogP contribution in [0.4, 0.5) is 0 Å². The van der Waals surface area contributed by atoms with Gasteiger partial charge in [-0.25, -0.2) is 0 Å². The molecule has 0 radical (unpaired) electrons. The van der Waals surface area contributed by atoms with Gasteiger partial charge >= 0.3 is 0 Å². The van der Waals surface area contributed by atoms with Crippen LogP contribution in [0.5, 0.6) is 11.5 Å². The lowest BCUT2D eigenvalue weighted by Gasteiger charge is -2.35. The van der Waals surface area contributed by atoms with Crippen LogP contribution in [0.15, 0.2) is 23.2 Å². The van der Waals surface area contributed by atoms with E-state index in [1.165, 1.54) is 0 Å². The van der Waals surface area contributed by atoms with Crippen LogP contribution in [0.3, 0.4) is 0 Å². The van der Waals surface area contributed by atoms with Crippen LogP contribution < -0.4 is 9.47 Å². The smallest absolute Gasteiger partial charge is 0.231 e. The van der Waals surface area contributed by atoms with Crippen molar-refractivity contribution in [3.05, 3.63) is 23.8 Å². The van der Waals surface area contributed by atoms with Gasteiger partial charge in [0.15, 0.2) is 19.8 Å². The zero-order valence-electron chi connectivity index (χ0n) is 12.9. The molecule has 0 aliphatic carbocycles. The van der Waals surface area contributed by atoms with Crippen LogP contribution in [0, 0.1) is 0 Å². The molecule has 0 N–H and O–H groups in total. The summed E-state index contributed by atoms with van der Waals surface area (Å²) < 4.78 is 16.6. The van der Waals surface area contributed by atoms with Crippen molar-refractivity contribution in [2.24, 2.45) is 4.99 Å². The molecule has 4 nitrogen and oxygen atoms in total. The maximum Gasteiger partial charge on any atom is 0.231 e. The van der Waals surface area contributed by atoms with E-state index in [2.05, 4.69) is 38.9 Å². The molecule has 20 heavy (non-hydrogen) atoms. The fourth-order valence-electron chi connectivity index (χ4n) is 1.55. The average Bonchev–Trinajstić information content (AvgIpc) is 2.80. The van der Waals surface area contributed by atoms with Gasteiger partial charge in [-0.2, -0.15) is 0 Å². The molecule has 5 heteroatoms. The third kappa shape index (κ3) is 3.40. The van der Waals surface area contributed by atoms with E-state index in [1.807, 2.05) is 24.4 Å². The van der Waals surface area contributed by atoms with E-state index in [9.17, 15) is 0 Å². The second-order valence-electron chi connectivity index (χ2n) is 6.46. The van der Waals surface area contributed by atoms with Gasteiger partial charge in [0.25, 0.3) is 0 Å². The molecular formula is C15H23NO3Si. The van der Waals surface area contributed by atoms with Gasteiger partial charge in [-0.1, -0.05) is 20.8 Å². The predicted molar refractivity (Wildman–Crippen MR) is 83.3 cm³/mol. The lowest BCUT2D eigenvalue weighted by atomic mass is 10.2. The molecule has 0 bridgehead atoms. The summed E-state index contributed by atoms with van der Waals surface area (Å²) in [5.41, 5.74) is 0.994. The summed E-state index contributed by atoms with van der Waals surface area (Å²) >= 11 is 0. The molecule has 1 aliphatic heterocycles. The Hall–Kier alpha value is -1.33. The van der Waals surface area contributed by atoms with E-state index in [0.717, 1.165) is 17.1 Å². The molecular weight excluding hydrogens is 270 g/mol. The van der Waals surface area contributed by atoms with Crippen LogP contribution in [0.1, 0.15) is 26.3 Å². The molecule has 0 spiro atoms. The van der Waals surface area contributed by atoms with Crippen molar-refractivity contribution in [2.75, 3.05) is 13.5 Å². The summed E-state index contributed by atoms with van der Waals surface area (Å²) in [5.74, 6) is 1.57. The first kappa shape index (κ1) is 15.1. The number of nitrogens with zero attached hydrogens (tertiary/aromatic N) is 1. The molecule has 2 rings (SSSR count). The monoisotopic (exact) mass is 293 g/mol. The van der Waals surface area contributed by atoms with Crippen LogP contribution in [0.25, 0.3) is 0 Å². The number of ether oxygens (including phenoxy) is 2. The van der Waals surface area contributed by atoms with E-state index in [4.69, 9.17) is 13.9 Å². The van der Waals surface area contributed by atoms with Crippen molar-refractivity contribution in [2.45, 2.75) is 38.9 Å². The first-order chi connectivity index (χ1) is 9.29. The van der Waals surface area contributed by atoms with Gasteiger partial charge in [-0.15, -0.1) is 0 Å². The number of hydrogen-bond acceptors (Lipinski definition) is 4. The van der Waals surface area contributed by atoms with Crippen molar-refractivity contribution < 1.29 is 13.9 Å². The van der Waals surface area contributed by atoms with Gasteiger partial charge < -0.3 is 13.9 Å². The largest absolute Gasteiger partial charge is 0.454 e. The third-order valence-electron chi connectivity index (χ3n) is 3.94. The maximum absolute atomic E-state index is 5.99. The van der Waals surface area contributed by atoms with E-state index in [0.29, 0.717) is 13.5 Å². The quantitative estimate of drug-likeness (QED) is 0.626. The second kappa shape index (κ2) is 5.58. The van der Waals surface area contributed by atoms with Gasteiger partial charge in [0.1, 0.15) is 6.73 Å². The molecule has 110 valence electrons. The highest BCUT2D eigenvalue weighted by Crippen LogP contribution is 2.36. The van der Waals surface area contributed by atoms with Gasteiger partial charge in [0, 0.05) is 6.21 Å². The molecule has 1 aromatic rings. The fraction of sp³-hybridized carbons (Fsp3) is 0.533. The van der Waals surface area contributed by atoms with Crippen LogP contribution in [0.2, 0.25) is 18.1 Å². The Morgan fingerprint density at radius 1 is 1.25 bits per heavy atom. The average molecular weight is 293 g/mol. The fourth-order valence-corrected chi connectivity index (χ4v) is 2.38. The maximum atomic E-state index is 5.99. The van der Waals surface area contributed by atoms with Crippen molar-refractivity contribution in [3.63, 3.8) is 0 Å². The molecule has 0 atom stereocenters. The Bertz CT molecular complexity index is 506. The Morgan fingerprint density at radius 2 is 1.95 bits per heavy atom. The van der Waals surface area contributed by atoms with E-state index < -0.39 is 8.32 Å². The summed E-state index contributed by atoms with van der Waals surface area (Å²) in [6.07, 6.45) is 1.81. The zero-order valence-corrected chi connectivity index (χ0v) is 13.9. The van der Waals surface area contributed by atoms with Crippen molar-refractivity contribution in [1.29, 1.82) is 0 Å². The first-order valence-corrected chi connectivity index (χ1v) is 9.74. The molecule has 0 saturated carbocycles. The Morgan fingerprint density at radius 3 is 2.65 bits per heavy atom. The third-order valence-corrected chi connectivity index (χ3v) is 8.41. The van der Waals surface area contributed by atoms with Gasteiger partial charge in [0.05, 0.1) is 0 Å². The zero-order chi connectivity index (χ0) is 14.8. The van der Waals surface area contributed by atoms with E-state index in [-0.39, 0.29) is 5.04 Å². The number of hydrogen-bond donors (Lipinski definition) is 0. The highest BCUT2D eigenvalue weighted by Gasteiger charge is 2.36. The Balaban J connectivity index is 1.91. The summed E-state index contributed by atoms with van der Waals surface area (Å²) in [5, 5.41) is 0.210. The standard InChI is InChI=1S/C15H23NO3Si/c1-15(2,3)20(4,5)19-10-16-9-12-6-7-13-14(8-12)18-11-17-13/h6-9H,10-11H2,1-5H3/b16-9+. The van der Waals surface area contributed by atoms with Gasteiger partial charge in [0.2, 0.25) is 6.79 Å². The summed E-state index contributed by atoms with van der Waals surface area (Å²) in [6, 6.07) is 5.79. The minimum Gasteiger partial charge on any atom is -0.454 e. The lowest BCUT2D eigenvalue weighted by molar-refractivity contribution is 0.174. The highest BCUT2D eigenvalue weighted by molar-refractivity contribution is 6.74. The molecule has 0 amide bonds. The van der Waals surface area contributed by atoms with Gasteiger partial charge in [-0.05, 0) is 41.9 Å². The van der Waals surface area contributed by atoms with Crippen molar-refractivity contribution in [3.8, 4) is 11.5 Å². The number of rotatable bonds is 4. The molecule has 0 unspecified atom stereocenters. The van der Waals surface area contributed by atoms with E-state index >= 15 is 0 Å². The van der Waals surface area contributed by atoms with Crippen molar-refractivity contribution in [1.82, 2.24) is 0 Å². The Labute approximate surface area is 121 Å². The minimum absolute atomic E-state index is 0.210. The SMILES string of the molecule is CC(C)(C)[Si](C)(C)OC/N=C/c1ccc2c(c1)OCO2. The number of aliphatic imine (C=N–C) groups is 1. The predicted octanol–water partition coefficient (Wildman–Crippen LogP) is 3.81. The normalized spacial score (nSPS) is 15.1. The minimum atomic E-state index is -1.72. The molecule has 1 aliphatic rings. The molecule has 0 aromatic heterocycles. The molecule has 1 heterocycles. The molecule has 0 saturated heterocycles. The molecule has 0 fully saturated rings. The summed E-state index contributed by atoms with van der Waals surface area (Å²) in [4.78, 5) is 4.36. The number of benzene rings is 1. The van der Waals surface area contributed by atoms with Crippen molar-refractivity contribution >= 4 is 14.5 Å². The highest BCUT2D eigenvalue weighted by atomic mass is 28.4. The Kier molecular flexibility index (Phi) is 4.20. The number of fused-ring (bicyclic) bond motifs is 1. The molecule has 1 aromatic carbocycles. The lowest BCUT2D eigenvalue weighted by Crippen LogP contribution is -2.40. The second-order valence-corrected chi connectivity index (χ2v) is 11.3. The van der Waals surface area contributed by atoms with Crippen LogP contribution >= 0.6 is 0 Å². The summed E-state index contributed by atoms with van der Waals surface area (Å²) in [6.45, 7) is 11.8.